The van der Waals surface area contributed by atoms with E-state index in [4.69, 9.17) is 9.47 Å². The van der Waals surface area contributed by atoms with Crippen LogP contribution >= 0.6 is 0 Å². The maximum atomic E-state index is 12.0. The number of nitrogens with zero attached hydrogens (tertiary/aromatic N) is 2. The average Bonchev–Trinajstić information content (AvgIpc) is 2.62. The van der Waals surface area contributed by atoms with Crippen molar-refractivity contribution in [2.75, 3.05) is 26.7 Å². The Balaban J connectivity index is 1.35. The third kappa shape index (κ3) is 5.19. The highest BCUT2D eigenvalue weighted by Crippen LogP contribution is 2.31. The Morgan fingerprint density at radius 3 is 2.80 bits per heavy atom. The molecule has 132 valence electrons. The van der Waals surface area contributed by atoms with Crippen molar-refractivity contribution >= 4 is 5.91 Å². The zero-order valence-corrected chi connectivity index (χ0v) is 14.4. The molecule has 1 aromatic heterocycles. The van der Waals surface area contributed by atoms with Gasteiger partial charge in [-0.3, -0.25) is 14.7 Å². The van der Waals surface area contributed by atoms with Gasteiger partial charge in [-0.2, -0.15) is 0 Å². The van der Waals surface area contributed by atoms with Crippen LogP contribution in [0.2, 0.25) is 0 Å². The summed E-state index contributed by atoms with van der Waals surface area (Å²) < 4.78 is 11.6. The Kier molecular flexibility index (Phi) is 5.85. The van der Waals surface area contributed by atoms with E-state index < -0.39 is 0 Å². The minimum absolute atomic E-state index is 0.00804. The number of carbonyl (C=O) groups is 1. The van der Waals surface area contributed by atoms with Gasteiger partial charge in [0.2, 0.25) is 5.91 Å². The highest BCUT2D eigenvalue weighted by atomic mass is 16.6. The molecule has 1 aliphatic heterocycles. The maximum absolute atomic E-state index is 12.0. The molecule has 0 saturated heterocycles. The number of ether oxygens (including phenoxy) is 2. The van der Waals surface area contributed by atoms with Crippen LogP contribution in [-0.4, -0.2) is 48.6 Å². The topological polar surface area (TPSA) is 63.7 Å². The molecule has 0 aliphatic carbocycles. The number of benzene rings is 1. The van der Waals surface area contributed by atoms with E-state index in [2.05, 4.69) is 10.3 Å². The first kappa shape index (κ1) is 17.2. The highest BCUT2D eigenvalue weighted by Gasteiger charge is 2.20. The van der Waals surface area contributed by atoms with Crippen molar-refractivity contribution in [2.45, 2.75) is 19.1 Å². The second kappa shape index (κ2) is 8.48. The van der Waals surface area contributed by atoms with E-state index in [0.717, 1.165) is 17.1 Å². The second-order valence-corrected chi connectivity index (χ2v) is 6.16. The Hall–Kier alpha value is -2.60. The lowest BCUT2D eigenvalue weighted by Gasteiger charge is -2.26. The summed E-state index contributed by atoms with van der Waals surface area (Å²) in [7, 11) is 1.93. The number of carbonyl (C=O) groups excluding carboxylic acids is 1. The van der Waals surface area contributed by atoms with Crippen LogP contribution in [0.15, 0.2) is 48.8 Å². The van der Waals surface area contributed by atoms with E-state index in [1.807, 2.05) is 48.3 Å². The molecule has 25 heavy (non-hydrogen) atoms. The van der Waals surface area contributed by atoms with Gasteiger partial charge in [-0.1, -0.05) is 12.1 Å². The lowest BCUT2D eigenvalue weighted by Crippen LogP contribution is -2.38. The predicted octanol–water partition coefficient (Wildman–Crippen LogP) is 1.86. The van der Waals surface area contributed by atoms with Crippen LogP contribution in [0.1, 0.15) is 12.0 Å². The summed E-state index contributed by atoms with van der Waals surface area (Å²) in [6.07, 6.45) is 4.19. The Labute approximate surface area is 147 Å². The average molecular weight is 341 g/mol. The van der Waals surface area contributed by atoms with Gasteiger partial charge in [-0.15, -0.1) is 0 Å². The number of aromatic nitrogens is 1. The summed E-state index contributed by atoms with van der Waals surface area (Å²) in [5, 5.41) is 2.94. The molecule has 0 bridgehead atoms. The van der Waals surface area contributed by atoms with Gasteiger partial charge in [0.25, 0.3) is 0 Å². The van der Waals surface area contributed by atoms with E-state index in [1.165, 1.54) is 0 Å². The number of pyridine rings is 1. The van der Waals surface area contributed by atoms with Crippen molar-refractivity contribution in [1.29, 1.82) is 0 Å². The molecular weight excluding hydrogens is 318 g/mol. The van der Waals surface area contributed by atoms with Crippen molar-refractivity contribution in [1.82, 2.24) is 15.2 Å². The van der Waals surface area contributed by atoms with Gasteiger partial charge in [0, 0.05) is 31.9 Å². The lowest BCUT2D eigenvalue weighted by atomic mass is 10.2. The number of fused-ring (bicyclic) bond motifs is 1. The number of likely N-dealkylation sites (N-methyl/N-ethyl adjacent to an activating group) is 1. The molecule has 0 saturated carbocycles. The first-order valence-electron chi connectivity index (χ1n) is 8.43. The molecule has 2 heterocycles. The van der Waals surface area contributed by atoms with Crippen molar-refractivity contribution in [3.63, 3.8) is 0 Å². The van der Waals surface area contributed by atoms with E-state index in [1.54, 1.807) is 12.4 Å². The molecule has 1 aromatic carbocycles. The molecule has 0 spiro atoms. The largest absolute Gasteiger partial charge is 0.486 e. The van der Waals surface area contributed by atoms with Gasteiger partial charge in [-0.25, -0.2) is 0 Å². The van der Waals surface area contributed by atoms with Crippen molar-refractivity contribution in [3.05, 3.63) is 54.4 Å². The van der Waals surface area contributed by atoms with Gasteiger partial charge in [0.1, 0.15) is 12.7 Å². The Morgan fingerprint density at radius 2 is 2.00 bits per heavy atom. The van der Waals surface area contributed by atoms with Crippen LogP contribution in [0.4, 0.5) is 0 Å². The summed E-state index contributed by atoms with van der Waals surface area (Å²) in [5.74, 6) is 1.55. The van der Waals surface area contributed by atoms with E-state index in [9.17, 15) is 4.79 Å². The molecule has 0 fully saturated rings. The normalized spacial score (nSPS) is 15.8. The molecule has 2 aromatic rings. The van der Waals surface area contributed by atoms with Gasteiger partial charge >= 0.3 is 0 Å². The molecule has 0 radical (unpaired) electrons. The van der Waals surface area contributed by atoms with Crippen LogP contribution in [0.5, 0.6) is 11.5 Å². The third-order valence-corrected chi connectivity index (χ3v) is 3.97. The number of para-hydroxylation sites is 2. The number of hydrogen-bond acceptors (Lipinski definition) is 5. The van der Waals surface area contributed by atoms with Crippen LogP contribution in [0.3, 0.4) is 0 Å². The molecule has 1 aliphatic rings. The molecule has 1 N–H and O–H groups in total. The summed E-state index contributed by atoms with van der Waals surface area (Å²) in [4.78, 5) is 18.0. The predicted molar refractivity (Wildman–Crippen MR) is 94.6 cm³/mol. The molecular formula is C19H23N3O3. The van der Waals surface area contributed by atoms with E-state index in [-0.39, 0.29) is 12.0 Å². The number of amides is 1. The SMILES string of the molecule is CN(CC(=O)NCCC1COc2ccccc2O1)Cc1ccncc1. The zero-order valence-electron chi connectivity index (χ0n) is 14.4. The van der Waals surface area contributed by atoms with Gasteiger partial charge in [0.05, 0.1) is 6.54 Å². The Morgan fingerprint density at radius 1 is 1.24 bits per heavy atom. The van der Waals surface area contributed by atoms with Crippen molar-refractivity contribution < 1.29 is 14.3 Å². The molecule has 1 atom stereocenters. The van der Waals surface area contributed by atoms with Crippen LogP contribution in [0.25, 0.3) is 0 Å². The lowest BCUT2D eigenvalue weighted by molar-refractivity contribution is -0.122. The number of nitrogens with one attached hydrogen (secondary N) is 1. The summed E-state index contributed by atoms with van der Waals surface area (Å²) >= 11 is 0. The zero-order chi connectivity index (χ0) is 17.5. The molecule has 6 nitrogen and oxygen atoms in total. The van der Waals surface area contributed by atoms with Gasteiger partial charge in [-0.05, 0) is 36.9 Å². The quantitative estimate of drug-likeness (QED) is 0.833. The first-order chi connectivity index (χ1) is 12.2. The highest BCUT2D eigenvalue weighted by molar-refractivity contribution is 5.77. The first-order valence-corrected chi connectivity index (χ1v) is 8.43. The minimum atomic E-state index is -0.0373. The van der Waals surface area contributed by atoms with Gasteiger partial charge < -0.3 is 14.8 Å². The molecule has 1 amide bonds. The molecule has 3 rings (SSSR count). The fraction of sp³-hybridized carbons (Fsp3) is 0.368. The minimum Gasteiger partial charge on any atom is -0.486 e. The number of hydrogen-bond donors (Lipinski definition) is 1. The van der Waals surface area contributed by atoms with E-state index >= 15 is 0 Å². The van der Waals surface area contributed by atoms with Crippen molar-refractivity contribution in [3.8, 4) is 11.5 Å². The standard InChI is InChI=1S/C19H23N3O3/c1-22(12-15-6-9-20-10-7-15)13-19(23)21-11-8-16-14-24-17-4-2-3-5-18(17)25-16/h2-7,9-10,16H,8,11-14H2,1H3,(H,21,23). The fourth-order valence-electron chi connectivity index (χ4n) is 2.73. The smallest absolute Gasteiger partial charge is 0.234 e. The third-order valence-electron chi connectivity index (χ3n) is 3.97. The number of rotatable bonds is 7. The monoisotopic (exact) mass is 341 g/mol. The molecule has 1 unspecified atom stereocenters. The van der Waals surface area contributed by atoms with Crippen LogP contribution < -0.4 is 14.8 Å². The van der Waals surface area contributed by atoms with Crippen molar-refractivity contribution in [2.24, 2.45) is 0 Å². The molecule has 6 heteroatoms. The van der Waals surface area contributed by atoms with Crippen LogP contribution in [0, 0.1) is 0 Å². The summed E-state index contributed by atoms with van der Waals surface area (Å²) in [6, 6.07) is 11.5. The fourth-order valence-corrected chi connectivity index (χ4v) is 2.73. The van der Waals surface area contributed by atoms with Crippen LogP contribution in [-0.2, 0) is 11.3 Å². The van der Waals surface area contributed by atoms with Gasteiger partial charge in [0.15, 0.2) is 11.5 Å². The summed E-state index contributed by atoms with van der Waals surface area (Å²) in [6.45, 7) is 2.15. The second-order valence-electron chi connectivity index (χ2n) is 6.16. The van der Waals surface area contributed by atoms with E-state index in [0.29, 0.717) is 32.7 Å². The Bertz CT molecular complexity index is 693. The maximum Gasteiger partial charge on any atom is 0.234 e. The summed E-state index contributed by atoms with van der Waals surface area (Å²) in [5.41, 5.74) is 1.14.